The number of piperidine rings is 1. The monoisotopic (exact) mass is 283 g/mol. The van der Waals surface area contributed by atoms with Gasteiger partial charge in [-0.1, -0.05) is 0 Å². The first kappa shape index (κ1) is 14.4. The third kappa shape index (κ3) is 4.56. The number of nitrogens with zero attached hydrogens (tertiary/aromatic N) is 1. The van der Waals surface area contributed by atoms with Crippen molar-refractivity contribution in [2.24, 2.45) is 0 Å². The third-order valence-corrected chi connectivity index (χ3v) is 4.22. The molecule has 1 unspecified atom stereocenters. The zero-order valence-electron chi connectivity index (χ0n) is 11.4. The first-order valence-electron chi connectivity index (χ1n) is 6.69. The predicted molar refractivity (Wildman–Crippen MR) is 75.3 cm³/mol. The van der Waals surface area contributed by atoms with Gasteiger partial charge in [-0.3, -0.25) is 4.79 Å². The van der Waals surface area contributed by atoms with Crippen LogP contribution < -0.4 is 10.6 Å². The average Bonchev–Trinajstić information content (AvgIpc) is 2.84. The van der Waals surface area contributed by atoms with E-state index in [4.69, 9.17) is 4.74 Å². The molecule has 1 aromatic heterocycles. The number of nitrogens with one attached hydrogen (secondary N) is 2. The third-order valence-electron chi connectivity index (χ3n) is 3.12. The van der Waals surface area contributed by atoms with E-state index < -0.39 is 0 Å². The molecular weight excluding hydrogens is 262 g/mol. The molecule has 0 spiro atoms. The van der Waals surface area contributed by atoms with Gasteiger partial charge in [0.1, 0.15) is 11.6 Å². The van der Waals surface area contributed by atoms with Crippen molar-refractivity contribution in [3.63, 3.8) is 0 Å². The minimum Gasteiger partial charge on any atom is -0.368 e. The number of thiazole rings is 1. The van der Waals surface area contributed by atoms with Gasteiger partial charge in [0.25, 0.3) is 0 Å². The van der Waals surface area contributed by atoms with E-state index in [0.717, 1.165) is 35.8 Å². The van der Waals surface area contributed by atoms with Gasteiger partial charge in [0.2, 0.25) is 5.91 Å². The normalized spacial score (nSPS) is 18.2. The number of amides is 1. The summed E-state index contributed by atoms with van der Waals surface area (Å²) in [4.78, 5) is 17.2. The lowest BCUT2D eigenvalue weighted by molar-refractivity contribution is -0.128. The van der Waals surface area contributed by atoms with Gasteiger partial charge in [-0.2, -0.15) is 0 Å². The molecule has 0 bridgehead atoms. The minimum absolute atomic E-state index is 0.0529. The standard InChI is InChI=1S/C13H21N3O2S/c1-9-7-15-13(19-9)10(2)16-12(17)8-18-11-3-5-14-6-4-11/h7,10-11,14H,3-6,8H2,1-2H3,(H,16,17). The van der Waals surface area contributed by atoms with Crippen LogP contribution in [0.1, 0.15) is 35.7 Å². The molecule has 2 heterocycles. The Morgan fingerprint density at radius 3 is 3.00 bits per heavy atom. The van der Waals surface area contributed by atoms with Gasteiger partial charge >= 0.3 is 0 Å². The average molecular weight is 283 g/mol. The van der Waals surface area contributed by atoms with Gasteiger partial charge in [0, 0.05) is 11.1 Å². The summed E-state index contributed by atoms with van der Waals surface area (Å²) in [5, 5.41) is 7.13. The van der Waals surface area contributed by atoms with Crippen LogP contribution in [-0.2, 0) is 9.53 Å². The van der Waals surface area contributed by atoms with Gasteiger partial charge in [0.05, 0.1) is 12.1 Å². The number of aromatic nitrogens is 1. The summed E-state index contributed by atoms with van der Waals surface area (Å²) in [7, 11) is 0. The fraction of sp³-hybridized carbons (Fsp3) is 0.692. The fourth-order valence-electron chi connectivity index (χ4n) is 2.07. The van der Waals surface area contributed by atoms with Crippen molar-refractivity contribution >= 4 is 17.2 Å². The largest absolute Gasteiger partial charge is 0.368 e. The molecule has 1 saturated heterocycles. The molecule has 0 aliphatic carbocycles. The summed E-state index contributed by atoms with van der Waals surface area (Å²) in [6.07, 6.45) is 4.00. The van der Waals surface area contributed by atoms with Crippen LogP contribution in [0.15, 0.2) is 6.20 Å². The highest BCUT2D eigenvalue weighted by Crippen LogP contribution is 2.18. The highest BCUT2D eigenvalue weighted by Gasteiger charge is 2.17. The summed E-state index contributed by atoms with van der Waals surface area (Å²) in [6.45, 7) is 6.04. The Morgan fingerprint density at radius 1 is 1.63 bits per heavy atom. The zero-order chi connectivity index (χ0) is 13.7. The van der Waals surface area contributed by atoms with Crippen molar-refractivity contribution < 1.29 is 9.53 Å². The van der Waals surface area contributed by atoms with E-state index in [-0.39, 0.29) is 24.7 Å². The number of aryl methyl sites for hydroxylation is 1. The highest BCUT2D eigenvalue weighted by molar-refractivity contribution is 7.11. The lowest BCUT2D eigenvalue weighted by Crippen LogP contribution is -2.36. The van der Waals surface area contributed by atoms with E-state index in [2.05, 4.69) is 15.6 Å². The molecule has 1 atom stereocenters. The van der Waals surface area contributed by atoms with Gasteiger partial charge in [-0.25, -0.2) is 4.98 Å². The number of carbonyl (C=O) groups excluding carboxylic acids is 1. The van der Waals surface area contributed by atoms with E-state index in [0.29, 0.717) is 0 Å². The van der Waals surface area contributed by atoms with Crippen LogP contribution in [0.2, 0.25) is 0 Å². The Kier molecular flexibility index (Phi) is 5.30. The second kappa shape index (κ2) is 6.98. The molecule has 1 aromatic rings. The van der Waals surface area contributed by atoms with Gasteiger partial charge in [-0.15, -0.1) is 11.3 Å². The molecule has 0 radical (unpaired) electrons. The molecule has 5 nitrogen and oxygen atoms in total. The van der Waals surface area contributed by atoms with Crippen molar-refractivity contribution in [3.05, 3.63) is 16.1 Å². The summed E-state index contributed by atoms with van der Waals surface area (Å²) in [6, 6.07) is -0.0529. The molecule has 1 aliphatic heterocycles. The maximum atomic E-state index is 11.8. The molecule has 106 valence electrons. The molecule has 1 fully saturated rings. The summed E-state index contributed by atoms with van der Waals surface area (Å²) in [5.74, 6) is -0.0705. The molecule has 0 aromatic carbocycles. The van der Waals surface area contributed by atoms with Crippen molar-refractivity contribution in [2.75, 3.05) is 19.7 Å². The number of carbonyl (C=O) groups is 1. The maximum Gasteiger partial charge on any atom is 0.246 e. The van der Waals surface area contributed by atoms with Crippen molar-refractivity contribution in [1.82, 2.24) is 15.6 Å². The summed E-state index contributed by atoms with van der Waals surface area (Å²) >= 11 is 1.61. The molecule has 2 N–H and O–H groups in total. The maximum absolute atomic E-state index is 11.8. The summed E-state index contributed by atoms with van der Waals surface area (Å²) in [5.41, 5.74) is 0. The fourth-order valence-corrected chi connectivity index (χ4v) is 2.85. The Balaban J connectivity index is 1.71. The number of ether oxygens (including phenoxy) is 1. The SMILES string of the molecule is Cc1cnc(C(C)NC(=O)COC2CCNCC2)s1. The molecular formula is C13H21N3O2S. The van der Waals surface area contributed by atoms with Crippen molar-refractivity contribution in [2.45, 2.75) is 38.8 Å². The number of hydrogen-bond donors (Lipinski definition) is 2. The van der Waals surface area contributed by atoms with Crippen LogP contribution in [0.25, 0.3) is 0 Å². The molecule has 6 heteroatoms. The lowest BCUT2D eigenvalue weighted by atomic mass is 10.1. The van der Waals surface area contributed by atoms with Crippen LogP contribution in [-0.4, -0.2) is 36.7 Å². The first-order valence-corrected chi connectivity index (χ1v) is 7.51. The van der Waals surface area contributed by atoms with E-state index >= 15 is 0 Å². The molecule has 2 rings (SSSR count). The topological polar surface area (TPSA) is 63.2 Å². The Morgan fingerprint density at radius 2 is 2.37 bits per heavy atom. The van der Waals surface area contributed by atoms with Crippen molar-refractivity contribution in [1.29, 1.82) is 0 Å². The van der Waals surface area contributed by atoms with Gasteiger partial charge < -0.3 is 15.4 Å². The van der Waals surface area contributed by atoms with E-state index in [1.165, 1.54) is 0 Å². The first-order chi connectivity index (χ1) is 9.15. The van der Waals surface area contributed by atoms with Crippen LogP contribution in [0, 0.1) is 6.92 Å². The Labute approximate surface area is 117 Å². The number of hydrogen-bond acceptors (Lipinski definition) is 5. The van der Waals surface area contributed by atoms with Gasteiger partial charge in [0.15, 0.2) is 0 Å². The van der Waals surface area contributed by atoms with Crippen LogP contribution in [0.3, 0.4) is 0 Å². The number of rotatable bonds is 5. The molecule has 19 heavy (non-hydrogen) atoms. The zero-order valence-corrected chi connectivity index (χ0v) is 12.3. The van der Waals surface area contributed by atoms with E-state index in [9.17, 15) is 4.79 Å². The smallest absolute Gasteiger partial charge is 0.246 e. The Bertz CT molecular complexity index is 416. The van der Waals surface area contributed by atoms with E-state index in [1.54, 1.807) is 11.3 Å². The van der Waals surface area contributed by atoms with Crippen LogP contribution in [0.4, 0.5) is 0 Å². The van der Waals surface area contributed by atoms with Crippen LogP contribution in [0.5, 0.6) is 0 Å². The second-order valence-electron chi connectivity index (χ2n) is 4.86. The van der Waals surface area contributed by atoms with Crippen LogP contribution >= 0.6 is 11.3 Å². The highest BCUT2D eigenvalue weighted by atomic mass is 32.1. The molecule has 0 saturated carbocycles. The van der Waals surface area contributed by atoms with Crippen molar-refractivity contribution in [3.8, 4) is 0 Å². The summed E-state index contributed by atoms with van der Waals surface area (Å²) < 4.78 is 5.62. The predicted octanol–water partition coefficient (Wildman–Crippen LogP) is 1.40. The second-order valence-corrected chi connectivity index (χ2v) is 6.13. The van der Waals surface area contributed by atoms with E-state index in [1.807, 2.05) is 20.0 Å². The molecule has 1 amide bonds. The van der Waals surface area contributed by atoms with Gasteiger partial charge in [-0.05, 0) is 39.8 Å². The molecule has 1 aliphatic rings. The minimum atomic E-state index is -0.0705. The lowest BCUT2D eigenvalue weighted by Gasteiger charge is -2.23. The Hall–Kier alpha value is -0.980. The quantitative estimate of drug-likeness (QED) is 0.857.